The van der Waals surface area contributed by atoms with Gasteiger partial charge in [-0.15, -0.1) is 0 Å². The fraction of sp³-hybridized carbons (Fsp3) is 0.435. The maximum absolute atomic E-state index is 12.1. The number of urea groups is 1. The number of hydrogen-bond donors (Lipinski definition) is 1. The average Bonchev–Trinajstić information content (AvgIpc) is 2.71. The molecule has 158 valence electrons. The Morgan fingerprint density at radius 1 is 1.07 bits per heavy atom. The van der Waals surface area contributed by atoms with E-state index in [0.717, 1.165) is 28.2 Å². The highest BCUT2D eigenvalue weighted by atomic mass is 16.5. The summed E-state index contributed by atoms with van der Waals surface area (Å²) in [5.74, 6) is 1.51. The van der Waals surface area contributed by atoms with Crippen LogP contribution >= 0.6 is 0 Å². The van der Waals surface area contributed by atoms with E-state index in [9.17, 15) is 4.79 Å². The van der Waals surface area contributed by atoms with Gasteiger partial charge in [-0.3, -0.25) is 0 Å². The molecule has 2 amide bonds. The van der Waals surface area contributed by atoms with E-state index >= 15 is 0 Å². The molecule has 1 atom stereocenters. The lowest BCUT2D eigenvalue weighted by molar-refractivity contribution is 0.0914. The van der Waals surface area contributed by atoms with Crippen molar-refractivity contribution >= 4 is 6.03 Å². The number of rotatable bonds is 11. The van der Waals surface area contributed by atoms with Gasteiger partial charge in [0.2, 0.25) is 0 Å². The first kappa shape index (κ1) is 22.6. The Labute approximate surface area is 173 Å². The van der Waals surface area contributed by atoms with Crippen LogP contribution in [0.2, 0.25) is 0 Å². The van der Waals surface area contributed by atoms with E-state index in [4.69, 9.17) is 19.9 Å². The largest absolute Gasteiger partial charge is 0.493 e. The molecule has 1 unspecified atom stereocenters. The number of benzene rings is 2. The van der Waals surface area contributed by atoms with Crippen LogP contribution in [0, 0.1) is 6.92 Å². The number of primary amides is 1. The predicted octanol–water partition coefficient (Wildman–Crippen LogP) is 4.45. The molecule has 0 bridgehead atoms. The van der Waals surface area contributed by atoms with E-state index in [1.54, 1.807) is 4.90 Å². The molecule has 0 saturated carbocycles. The number of nitrogens with two attached hydrogens (primary N) is 1. The number of carbonyl (C=O) groups is 1. The van der Waals surface area contributed by atoms with Gasteiger partial charge in [0.05, 0.1) is 32.5 Å². The van der Waals surface area contributed by atoms with Crippen LogP contribution in [0.1, 0.15) is 43.5 Å². The van der Waals surface area contributed by atoms with E-state index in [1.807, 2.05) is 70.2 Å². The summed E-state index contributed by atoms with van der Waals surface area (Å²) in [6.07, 6.45) is 0. The zero-order valence-electron chi connectivity index (χ0n) is 17.8. The smallest absolute Gasteiger partial charge is 0.315 e. The van der Waals surface area contributed by atoms with Crippen molar-refractivity contribution in [1.82, 2.24) is 4.90 Å². The van der Waals surface area contributed by atoms with Crippen LogP contribution < -0.4 is 15.2 Å². The van der Waals surface area contributed by atoms with Crippen molar-refractivity contribution in [3.05, 3.63) is 59.2 Å². The normalized spacial score (nSPS) is 11.7. The van der Waals surface area contributed by atoms with Gasteiger partial charge in [0.15, 0.2) is 0 Å². The molecule has 0 aliphatic carbocycles. The Balaban J connectivity index is 2.10. The summed E-state index contributed by atoms with van der Waals surface area (Å²) in [7, 11) is 0. The van der Waals surface area contributed by atoms with Gasteiger partial charge in [0.25, 0.3) is 0 Å². The van der Waals surface area contributed by atoms with Crippen molar-refractivity contribution in [2.75, 3.05) is 26.4 Å². The minimum Gasteiger partial charge on any atom is -0.493 e. The Morgan fingerprint density at radius 3 is 2.17 bits per heavy atom. The predicted molar refractivity (Wildman–Crippen MR) is 114 cm³/mol. The third-order valence-electron chi connectivity index (χ3n) is 4.76. The summed E-state index contributed by atoms with van der Waals surface area (Å²) >= 11 is 0. The Bertz CT molecular complexity index is 753. The minimum absolute atomic E-state index is 0.244. The van der Waals surface area contributed by atoms with Crippen molar-refractivity contribution < 1.29 is 19.0 Å². The summed E-state index contributed by atoms with van der Waals surface area (Å²) in [5, 5.41) is 0. The summed E-state index contributed by atoms with van der Waals surface area (Å²) in [6, 6.07) is 13.1. The van der Waals surface area contributed by atoms with E-state index in [0.29, 0.717) is 33.0 Å². The van der Waals surface area contributed by atoms with Gasteiger partial charge in [0, 0.05) is 12.1 Å². The summed E-state index contributed by atoms with van der Waals surface area (Å²) in [5.41, 5.74) is 8.60. The first-order chi connectivity index (χ1) is 14.0. The van der Waals surface area contributed by atoms with Crippen LogP contribution in [-0.2, 0) is 11.3 Å². The highest BCUT2D eigenvalue weighted by Gasteiger charge is 2.22. The van der Waals surface area contributed by atoms with Crippen LogP contribution in [0.3, 0.4) is 0 Å². The highest BCUT2D eigenvalue weighted by Crippen LogP contribution is 2.34. The second kappa shape index (κ2) is 11.3. The van der Waals surface area contributed by atoms with Crippen molar-refractivity contribution in [3.8, 4) is 11.5 Å². The first-order valence-corrected chi connectivity index (χ1v) is 10.1. The van der Waals surface area contributed by atoms with Gasteiger partial charge >= 0.3 is 6.03 Å². The van der Waals surface area contributed by atoms with Crippen LogP contribution in [0.4, 0.5) is 4.79 Å². The van der Waals surface area contributed by atoms with E-state index in [1.165, 1.54) is 0 Å². The lowest BCUT2D eigenvalue weighted by Crippen LogP contribution is -2.40. The molecule has 0 fully saturated rings. The maximum atomic E-state index is 12.1. The van der Waals surface area contributed by atoms with Gasteiger partial charge in [0.1, 0.15) is 11.5 Å². The van der Waals surface area contributed by atoms with Gasteiger partial charge in [-0.2, -0.15) is 0 Å². The Morgan fingerprint density at radius 2 is 1.66 bits per heavy atom. The molecule has 29 heavy (non-hydrogen) atoms. The third-order valence-corrected chi connectivity index (χ3v) is 4.76. The number of nitrogens with zero attached hydrogens (tertiary/aromatic N) is 1. The second-order valence-corrected chi connectivity index (χ2v) is 6.75. The fourth-order valence-corrected chi connectivity index (χ4v) is 3.14. The number of carbonyl (C=O) groups excluding carboxylic acids is 1. The lowest BCUT2D eigenvalue weighted by Gasteiger charge is -2.29. The highest BCUT2D eigenvalue weighted by molar-refractivity contribution is 5.72. The number of amides is 2. The van der Waals surface area contributed by atoms with Crippen molar-refractivity contribution in [1.29, 1.82) is 0 Å². The van der Waals surface area contributed by atoms with Gasteiger partial charge < -0.3 is 24.8 Å². The second-order valence-electron chi connectivity index (χ2n) is 6.75. The SMILES string of the molecule is CCOc1cc(C(C)N(CCOCc2ccccc2)C(N)=O)cc(OCC)c1C. The van der Waals surface area contributed by atoms with Crippen molar-refractivity contribution in [2.24, 2.45) is 5.73 Å². The van der Waals surface area contributed by atoms with E-state index in [-0.39, 0.29) is 6.04 Å². The summed E-state index contributed by atoms with van der Waals surface area (Å²) in [4.78, 5) is 13.7. The van der Waals surface area contributed by atoms with Crippen molar-refractivity contribution in [3.63, 3.8) is 0 Å². The Hall–Kier alpha value is -2.73. The van der Waals surface area contributed by atoms with E-state index < -0.39 is 6.03 Å². The molecule has 0 radical (unpaired) electrons. The molecular weight excluding hydrogens is 368 g/mol. The summed E-state index contributed by atoms with van der Waals surface area (Å²) in [6.45, 7) is 10.2. The lowest BCUT2D eigenvalue weighted by atomic mass is 10.0. The molecule has 2 N–H and O–H groups in total. The quantitative estimate of drug-likeness (QED) is 0.566. The molecule has 6 nitrogen and oxygen atoms in total. The van der Waals surface area contributed by atoms with Crippen LogP contribution in [0.25, 0.3) is 0 Å². The average molecular weight is 401 g/mol. The van der Waals surface area contributed by atoms with Crippen LogP contribution in [0.5, 0.6) is 11.5 Å². The van der Waals surface area contributed by atoms with Gasteiger partial charge in [-0.05, 0) is 51.0 Å². The zero-order chi connectivity index (χ0) is 21.2. The molecule has 0 saturated heterocycles. The number of hydrogen-bond acceptors (Lipinski definition) is 4. The van der Waals surface area contributed by atoms with Crippen LogP contribution in [0.15, 0.2) is 42.5 Å². The zero-order valence-corrected chi connectivity index (χ0v) is 17.8. The van der Waals surface area contributed by atoms with Gasteiger partial charge in [-0.1, -0.05) is 30.3 Å². The molecule has 2 aromatic rings. The molecule has 2 rings (SSSR count). The molecule has 6 heteroatoms. The van der Waals surface area contributed by atoms with Crippen LogP contribution in [-0.4, -0.2) is 37.3 Å². The molecule has 0 aliphatic rings. The number of ether oxygens (including phenoxy) is 3. The standard InChI is InChI=1S/C23H32N2O4/c1-5-28-21-14-20(15-22(17(21)3)29-6-2)18(4)25(23(24)26)12-13-27-16-19-10-8-7-9-11-19/h7-11,14-15,18H,5-6,12-13,16H2,1-4H3,(H2,24,26). The monoisotopic (exact) mass is 400 g/mol. The topological polar surface area (TPSA) is 74.0 Å². The van der Waals surface area contributed by atoms with Gasteiger partial charge in [-0.25, -0.2) is 4.79 Å². The minimum atomic E-state index is -0.489. The molecular formula is C23H32N2O4. The maximum Gasteiger partial charge on any atom is 0.315 e. The summed E-state index contributed by atoms with van der Waals surface area (Å²) < 4.78 is 17.3. The molecule has 0 aliphatic heterocycles. The molecule has 2 aromatic carbocycles. The molecule has 0 heterocycles. The first-order valence-electron chi connectivity index (χ1n) is 10.1. The molecule has 0 spiro atoms. The fourth-order valence-electron chi connectivity index (χ4n) is 3.14. The third kappa shape index (κ3) is 6.39. The Kier molecular flexibility index (Phi) is 8.80. The molecule has 0 aromatic heterocycles. The van der Waals surface area contributed by atoms with E-state index in [2.05, 4.69) is 0 Å². The van der Waals surface area contributed by atoms with Crippen molar-refractivity contribution in [2.45, 2.75) is 40.3 Å².